The Labute approximate surface area is 94.1 Å². The van der Waals surface area contributed by atoms with E-state index in [1.165, 1.54) is 0 Å². The number of aromatic carboxylic acids is 1. The number of aliphatic hydroxyl groups excluding tert-OH is 1. The number of rotatable bonds is 2. The van der Waals surface area contributed by atoms with E-state index in [-0.39, 0.29) is 6.10 Å². The largest absolute Gasteiger partial charge is 0.478 e. The highest BCUT2D eigenvalue weighted by Crippen LogP contribution is 2.24. The molecule has 1 aliphatic heterocycles. The number of hydrogen-bond acceptors (Lipinski definition) is 3. The van der Waals surface area contributed by atoms with Gasteiger partial charge < -0.3 is 15.1 Å². The molecule has 0 atom stereocenters. The van der Waals surface area contributed by atoms with E-state index in [4.69, 9.17) is 5.11 Å². The standard InChI is InChI=1S/C12H15NO3/c14-9-5-7-13(8-6-9)11-4-2-1-3-10(11)12(15)16/h1-4,9,14H,5-8H2,(H,15,16). The molecule has 1 saturated heterocycles. The average molecular weight is 221 g/mol. The third-order valence-electron chi connectivity index (χ3n) is 2.94. The molecule has 2 N–H and O–H groups in total. The van der Waals surface area contributed by atoms with Gasteiger partial charge in [-0.15, -0.1) is 0 Å². The maximum Gasteiger partial charge on any atom is 0.337 e. The molecule has 2 rings (SSSR count). The summed E-state index contributed by atoms with van der Waals surface area (Å²) in [4.78, 5) is 13.1. The summed E-state index contributed by atoms with van der Waals surface area (Å²) >= 11 is 0. The van der Waals surface area contributed by atoms with Crippen molar-refractivity contribution in [3.63, 3.8) is 0 Å². The Balaban J connectivity index is 2.23. The molecule has 4 heteroatoms. The third-order valence-corrected chi connectivity index (χ3v) is 2.94. The maximum absolute atomic E-state index is 11.1. The number of carbonyl (C=O) groups is 1. The molecule has 0 amide bonds. The summed E-state index contributed by atoms with van der Waals surface area (Å²) in [6.45, 7) is 1.43. The van der Waals surface area contributed by atoms with Gasteiger partial charge in [0.25, 0.3) is 0 Å². The molecule has 0 bridgehead atoms. The summed E-state index contributed by atoms with van der Waals surface area (Å²) in [6, 6.07) is 7.00. The highest BCUT2D eigenvalue weighted by Gasteiger charge is 2.20. The Morgan fingerprint density at radius 3 is 2.50 bits per heavy atom. The molecule has 16 heavy (non-hydrogen) atoms. The van der Waals surface area contributed by atoms with Gasteiger partial charge >= 0.3 is 5.97 Å². The molecule has 0 aliphatic carbocycles. The predicted molar refractivity (Wildman–Crippen MR) is 60.9 cm³/mol. The zero-order chi connectivity index (χ0) is 11.5. The Morgan fingerprint density at radius 1 is 1.25 bits per heavy atom. The molecule has 1 fully saturated rings. The van der Waals surface area contributed by atoms with Gasteiger partial charge in [-0.3, -0.25) is 0 Å². The lowest BCUT2D eigenvalue weighted by Crippen LogP contribution is -2.36. The quantitative estimate of drug-likeness (QED) is 0.791. The van der Waals surface area contributed by atoms with Crippen molar-refractivity contribution < 1.29 is 15.0 Å². The minimum atomic E-state index is -0.901. The lowest BCUT2D eigenvalue weighted by molar-refractivity contribution is 0.0697. The molecule has 0 saturated carbocycles. The Morgan fingerprint density at radius 2 is 1.88 bits per heavy atom. The van der Waals surface area contributed by atoms with Crippen LogP contribution in [-0.2, 0) is 0 Å². The second-order valence-electron chi connectivity index (χ2n) is 4.04. The summed E-state index contributed by atoms with van der Waals surface area (Å²) in [5, 5.41) is 18.5. The van der Waals surface area contributed by atoms with Crippen molar-refractivity contribution in [3.05, 3.63) is 29.8 Å². The fourth-order valence-corrected chi connectivity index (χ4v) is 2.04. The highest BCUT2D eigenvalue weighted by atomic mass is 16.4. The summed E-state index contributed by atoms with van der Waals surface area (Å²) < 4.78 is 0. The van der Waals surface area contributed by atoms with Crippen molar-refractivity contribution in [1.82, 2.24) is 0 Å². The number of benzene rings is 1. The van der Waals surface area contributed by atoms with Crippen LogP contribution in [0.25, 0.3) is 0 Å². The normalized spacial score (nSPS) is 17.4. The fourth-order valence-electron chi connectivity index (χ4n) is 2.04. The molecule has 1 heterocycles. The molecule has 4 nitrogen and oxygen atoms in total. The van der Waals surface area contributed by atoms with Crippen LogP contribution in [0.4, 0.5) is 5.69 Å². The first-order chi connectivity index (χ1) is 7.68. The SMILES string of the molecule is O=C(O)c1ccccc1N1CCC(O)CC1. The van der Waals surface area contributed by atoms with Gasteiger partial charge in [-0.2, -0.15) is 0 Å². The molecule has 0 spiro atoms. The van der Waals surface area contributed by atoms with Crippen molar-refractivity contribution in [2.24, 2.45) is 0 Å². The number of carboxylic acids is 1. The summed E-state index contributed by atoms with van der Waals surface area (Å²) in [5.74, 6) is -0.901. The van der Waals surface area contributed by atoms with Crippen molar-refractivity contribution >= 4 is 11.7 Å². The molecule has 86 valence electrons. The van der Waals surface area contributed by atoms with Gasteiger partial charge in [0.05, 0.1) is 17.4 Å². The van der Waals surface area contributed by atoms with E-state index in [9.17, 15) is 9.90 Å². The van der Waals surface area contributed by atoms with E-state index in [0.29, 0.717) is 31.5 Å². The minimum absolute atomic E-state index is 0.242. The summed E-state index contributed by atoms with van der Waals surface area (Å²) in [5.41, 5.74) is 1.08. The van der Waals surface area contributed by atoms with Crippen LogP contribution >= 0.6 is 0 Å². The summed E-state index contributed by atoms with van der Waals surface area (Å²) in [7, 11) is 0. The smallest absolute Gasteiger partial charge is 0.337 e. The van der Waals surface area contributed by atoms with E-state index in [1.807, 2.05) is 17.0 Å². The van der Waals surface area contributed by atoms with E-state index in [1.54, 1.807) is 12.1 Å². The van der Waals surface area contributed by atoms with Crippen molar-refractivity contribution in [2.75, 3.05) is 18.0 Å². The van der Waals surface area contributed by atoms with Crippen LogP contribution in [0.15, 0.2) is 24.3 Å². The molecule has 0 aromatic heterocycles. The Kier molecular flexibility index (Phi) is 3.10. The average Bonchev–Trinajstić information content (AvgIpc) is 2.30. The second kappa shape index (κ2) is 4.53. The van der Waals surface area contributed by atoms with Crippen LogP contribution in [0.3, 0.4) is 0 Å². The van der Waals surface area contributed by atoms with Crippen molar-refractivity contribution in [3.8, 4) is 0 Å². The number of para-hydroxylation sites is 1. The first-order valence-electron chi connectivity index (χ1n) is 5.44. The van der Waals surface area contributed by atoms with Gasteiger partial charge in [0, 0.05) is 13.1 Å². The number of piperidine rings is 1. The highest BCUT2D eigenvalue weighted by molar-refractivity contribution is 5.94. The number of aliphatic hydroxyl groups is 1. The van der Waals surface area contributed by atoms with E-state index in [2.05, 4.69) is 0 Å². The van der Waals surface area contributed by atoms with Crippen LogP contribution in [0.1, 0.15) is 23.2 Å². The van der Waals surface area contributed by atoms with E-state index < -0.39 is 5.97 Å². The molecule has 1 aromatic rings. The third kappa shape index (κ3) is 2.17. The molecule has 0 unspecified atom stereocenters. The van der Waals surface area contributed by atoms with Crippen LogP contribution in [0, 0.1) is 0 Å². The van der Waals surface area contributed by atoms with Crippen LogP contribution < -0.4 is 4.90 Å². The lowest BCUT2D eigenvalue weighted by Gasteiger charge is -2.32. The first-order valence-corrected chi connectivity index (χ1v) is 5.44. The van der Waals surface area contributed by atoms with E-state index >= 15 is 0 Å². The number of carboxylic acid groups (broad SMARTS) is 1. The molecule has 1 aliphatic rings. The van der Waals surface area contributed by atoms with Gasteiger partial charge in [0.2, 0.25) is 0 Å². The van der Waals surface area contributed by atoms with Gasteiger partial charge in [-0.25, -0.2) is 4.79 Å². The minimum Gasteiger partial charge on any atom is -0.478 e. The maximum atomic E-state index is 11.1. The topological polar surface area (TPSA) is 60.8 Å². The predicted octanol–water partition coefficient (Wildman–Crippen LogP) is 1.35. The van der Waals surface area contributed by atoms with Crippen LogP contribution in [0.5, 0.6) is 0 Å². The van der Waals surface area contributed by atoms with Gasteiger partial charge in [-0.1, -0.05) is 12.1 Å². The summed E-state index contributed by atoms with van der Waals surface area (Å²) in [6.07, 6.45) is 1.16. The van der Waals surface area contributed by atoms with Gasteiger partial charge in [0.15, 0.2) is 0 Å². The lowest BCUT2D eigenvalue weighted by atomic mass is 10.1. The monoisotopic (exact) mass is 221 g/mol. The molecule has 1 aromatic carbocycles. The number of nitrogens with zero attached hydrogens (tertiary/aromatic N) is 1. The molecule has 0 radical (unpaired) electrons. The van der Waals surface area contributed by atoms with E-state index in [0.717, 1.165) is 5.69 Å². The van der Waals surface area contributed by atoms with Crippen LogP contribution in [-0.4, -0.2) is 35.4 Å². The van der Waals surface area contributed by atoms with Gasteiger partial charge in [-0.05, 0) is 25.0 Å². The zero-order valence-electron chi connectivity index (χ0n) is 8.97. The zero-order valence-corrected chi connectivity index (χ0v) is 8.97. The fraction of sp³-hybridized carbons (Fsp3) is 0.417. The number of anilines is 1. The van der Waals surface area contributed by atoms with Crippen LogP contribution in [0.2, 0.25) is 0 Å². The Bertz CT molecular complexity index is 384. The molecular weight excluding hydrogens is 206 g/mol. The van der Waals surface area contributed by atoms with Crippen molar-refractivity contribution in [1.29, 1.82) is 0 Å². The van der Waals surface area contributed by atoms with Gasteiger partial charge in [0.1, 0.15) is 0 Å². The Hall–Kier alpha value is -1.55. The molecular formula is C12H15NO3. The first kappa shape index (κ1) is 11.0. The number of hydrogen-bond donors (Lipinski definition) is 2. The second-order valence-corrected chi connectivity index (χ2v) is 4.04. The van der Waals surface area contributed by atoms with Crippen molar-refractivity contribution in [2.45, 2.75) is 18.9 Å².